The Hall–Kier alpha value is -4.40. The molecule has 0 saturated carbocycles. The molecule has 0 aliphatic carbocycles. The summed E-state index contributed by atoms with van der Waals surface area (Å²) in [7, 11) is 0. The number of amides is 1. The van der Waals surface area contributed by atoms with Crippen molar-refractivity contribution in [3.8, 4) is 16.9 Å². The molecule has 0 unspecified atom stereocenters. The van der Waals surface area contributed by atoms with E-state index in [1.165, 1.54) is 12.3 Å². The summed E-state index contributed by atoms with van der Waals surface area (Å²) in [6.07, 6.45) is -1.52. The SMILES string of the molecule is Cc1nn(-c2ccccc2)c(C)c1CNC(=O)c1cnn2c(C(F)F)cc(-c3ccccc3)nc12. The van der Waals surface area contributed by atoms with Crippen molar-refractivity contribution in [2.75, 3.05) is 0 Å². The smallest absolute Gasteiger partial charge is 0.280 e. The first-order valence-electron chi connectivity index (χ1n) is 11.0. The Kier molecular flexibility index (Phi) is 5.82. The highest BCUT2D eigenvalue weighted by molar-refractivity contribution is 5.99. The van der Waals surface area contributed by atoms with Crippen LogP contribution in [0.15, 0.2) is 72.9 Å². The van der Waals surface area contributed by atoms with Crippen LogP contribution in [0.2, 0.25) is 0 Å². The number of rotatable bonds is 6. The van der Waals surface area contributed by atoms with Crippen molar-refractivity contribution in [1.82, 2.24) is 29.7 Å². The number of hydrogen-bond acceptors (Lipinski definition) is 4. The molecule has 0 atom stereocenters. The predicted molar refractivity (Wildman–Crippen MR) is 128 cm³/mol. The van der Waals surface area contributed by atoms with E-state index in [1.807, 2.05) is 54.9 Å². The normalized spacial score (nSPS) is 11.3. The molecule has 2 aromatic carbocycles. The Balaban J connectivity index is 1.46. The Bertz CT molecular complexity index is 1510. The molecule has 0 fully saturated rings. The van der Waals surface area contributed by atoms with Crippen molar-refractivity contribution in [3.63, 3.8) is 0 Å². The average molecular weight is 472 g/mol. The second kappa shape index (κ2) is 9.09. The lowest BCUT2D eigenvalue weighted by molar-refractivity contribution is 0.0952. The van der Waals surface area contributed by atoms with Gasteiger partial charge in [-0.15, -0.1) is 0 Å². The van der Waals surface area contributed by atoms with Crippen LogP contribution >= 0.6 is 0 Å². The Labute approximate surface area is 200 Å². The van der Waals surface area contributed by atoms with E-state index in [-0.39, 0.29) is 23.4 Å². The maximum Gasteiger partial charge on any atom is 0.280 e. The van der Waals surface area contributed by atoms with E-state index in [4.69, 9.17) is 0 Å². The third-order valence-electron chi connectivity index (χ3n) is 5.90. The molecule has 0 aliphatic heterocycles. The lowest BCUT2D eigenvalue weighted by atomic mass is 10.1. The van der Waals surface area contributed by atoms with Crippen LogP contribution in [0.25, 0.3) is 22.6 Å². The fourth-order valence-corrected chi connectivity index (χ4v) is 4.07. The van der Waals surface area contributed by atoms with Gasteiger partial charge in [-0.1, -0.05) is 48.5 Å². The van der Waals surface area contributed by atoms with Crippen LogP contribution in [0.3, 0.4) is 0 Å². The third kappa shape index (κ3) is 4.16. The van der Waals surface area contributed by atoms with Crippen LogP contribution in [0.4, 0.5) is 8.78 Å². The average Bonchev–Trinajstić information content (AvgIpc) is 3.43. The van der Waals surface area contributed by atoms with Gasteiger partial charge >= 0.3 is 0 Å². The quantitative estimate of drug-likeness (QED) is 0.375. The first-order valence-corrected chi connectivity index (χ1v) is 11.0. The predicted octanol–water partition coefficient (Wildman–Crippen LogP) is 5.07. The van der Waals surface area contributed by atoms with Gasteiger partial charge in [-0.05, 0) is 32.0 Å². The second-order valence-electron chi connectivity index (χ2n) is 8.11. The molecule has 9 heteroatoms. The number of halogens is 2. The molecular weight excluding hydrogens is 450 g/mol. The highest BCUT2D eigenvalue weighted by Crippen LogP contribution is 2.27. The first kappa shape index (κ1) is 22.4. The summed E-state index contributed by atoms with van der Waals surface area (Å²) in [6, 6.07) is 20.0. The molecular formula is C26H22F2N6O. The van der Waals surface area contributed by atoms with Gasteiger partial charge in [0.2, 0.25) is 0 Å². The topological polar surface area (TPSA) is 77.1 Å². The minimum atomic E-state index is -2.78. The van der Waals surface area contributed by atoms with Crippen molar-refractivity contribution >= 4 is 11.6 Å². The molecule has 35 heavy (non-hydrogen) atoms. The van der Waals surface area contributed by atoms with Gasteiger partial charge in [-0.2, -0.15) is 10.2 Å². The minimum absolute atomic E-state index is 0.0765. The van der Waals surface area contributed by atoms with Gasteiger partial charge in [0, 0.05) is 23.4 Å². The standard InChI is InChI=1S/C26H22F2N6O/c1-16-20(17(2)33(32-16)19-11-7-4-8-12-19)14-29-26(35)21-15-30-34-23(24(27)28)13-22(31-25(21)34)18-9-5-3-6-10-18/h3-13,15,24H,14H2,1-2H3,(H,29,35). The van der Waals surface area contributed by atoms with Crippen LogP contribution in [-0.2, 0) is 6.54 Å². The molecule has 3 heterocycles. The van der Waals surface area contributed by atoms with Crippen molar-refractivity contribution in [2.24, 2.45) is 0 Å². The monoisotopic (exact) mass is 472 g/mol. The van der Waals surface area contributed by atoms with Crippen molar-refractivity contribution in [1.29, 1.82) is 0 Å². The first-order chi connectivity index (χ1) is 16.9. The number of nitrogens with zero attached hydrogens (tertiary/aromatic N) is 5. The lowest BCUT2D eigenvalue weighted by Gasteiger charge is -2.09. The maximum absolute atomic E-state index is 13.8. The van der Waals surface area contributed by atoms with E-state index < -0.39 is 12.3 Å². The molecule has 7 nitrogen and oxygen atoms in total. The molecule has 0 aliphatic rings. The van der Waals surface area contributed by atoms with Gasteiger partial charge in [-0.25, -0.2) is 23.0 Å². The van der Waals surface area contributed by atoms with E-state index in [0.717, 1.165) is 27.2 Å². The zero-order valence-electron chi connectivity index (χ0n) is 19.1. The van der Waals surface area contributed by atoms with E-state index in [1.54, 1.807) is 24.3 Å². The molecule has 5 aromatic rings. The number of nitrogens with one attached hydrogen (secondary N) is 1. The van der Waals surface area contributed by atoms with Crippen molar-refractivity contribution in [3.05, 3.63) is 101 Å². The maximum atomic E-state index is 13.8. The van der Waals surface area contributed by atoms with Crippen LogP contribution < -0.4 is 5.32 Å². The molecule has 1 amide bonds. The summed E-state index contributed by atoms with van der Waals surface area (Å²) in [6.45, 7) is 4.04. The second-order valence-corrected chi connectivity index (χ2v) is 8.11. The number of carbonyl (C=O) groups is 1. The van der Waals surface area contributed by atoms with Crippen LogP contribution in [-0.4, -0.2) is 30.3 Å². The van der Waals surface area contributed by atoms with Crippen LogP contribution in [0, 0.1) is 13.8 Å². The van der Waals surface area contributed by atoms with Gasteiger partial charge in [0.25, 0.3) is 12.3 Å². The number of fused-ring (bicyclic) bond motifs is 1. The van der Waals surface area contributed by atoms with Gasteiger partial charge in [0.1, 0.15) is 11.3 Å². The largest absolute Gasteiger partial charge is 0.348 e. The number of benzene rings is 2. The summed E-state index contributed by atoms with van der Waals surface area (Å²) in [5, 5.41) is 11.5. The number of aryl methyl sites for hydroxylation is 1. The third-order valence-corrected chi connectivity index (χ3v) is 5.90. The molecule has 176 valence electrons. The minimum Gasteiger partial charge on any atom is -0.348 e. The Morgan fingerprint density at radius 3 is 2.40 bits per heavy atom. The number of alkyl halides is 2. The van der Waals surface area contributed by atoms with Gasteiger partial charge in [0.05, 0.1) is 23.3 Å². The molecule has 0 saturated heterocycles. The summed E-state index contributed by atoms with van der Waals surface area (Å²) in [5.74, 6) is -0.454. The Morgan fingerprint density at radius 1 is 1.03 bits per heavy atom. The summed E-state index contributed by atoms with van der Waals surface area (Å²) >= 11 is 0. The molecule has 0 bridgehead atoms. The van der Waals surface area contributed by atoms with Gasteiger partial charge < -0.3 is 5.32 Å². The fraction of sp³-hybridized carbons (Fsp3) is 0.154. The van der Waals surface area contributed by atoms with Crippen LogP contribution in [0.5, 0.6) is 0 Å². The van der Waals surface area contributed by atoms with Gasteiger partial charge in [-0.3, -0.25) is 4.79 Å². The number of para-hydroxylation sites is 1. The number of aromatic nitrogens is 5. The summed E-state index contributed by atoms with van der Waals surface area (Å²) < 4.78 is 30.5. The number of hydrogen-bond donors (Lipinski definition) is 1. The summed E-state index contributed by atoms with van der Waals surface area (Å²) in [4.78, 5) is 17.6. The summed E-state index contributed by atoms with van der Waals surface area (Å²) in [5.41, 5.74) is 4.37. The molecule has 0 radical (unpaired) electrons. The van der Waals surface area contributed by atoms with E-state index in [9.17, 15) is 13.6 Å². The molecule has 5 rings (SSSR count). The highest BCUT2D eigenvalue weighted by Gasteiger charge is 2.22. The zero-order chi connectivity index (χ0) is 24.5. The van der Waals surface area contributed by atoms with E-state index in [0.29, 0.717) is 11.3 Å². The lowest BCUT2D eigenvalue weighted by Crippen LogP contribution is -2.23. The van der Waals surface area contributed by atoms with E-state index in [2.05, 4.69) is 20.5 Å². The highest BCUT2D eigenvalue weighted by atomic mass is 19.3. The molecule has 0 spiro atoms. The van der Waals surface area contributed by atoms with Crippen molar-refractivity contribution < 1.29 is 13.6 Å². The zero-order valence-corrected chi connectivity index (χ0v) is 19.1. The molecule has 3 aromatic heterocycles. The fourth-order valence-electron chi connectivity index (χ4n) is 4.07. The Morgan fingerprint density at radius 2 is 1.71 bits per heavy atom. The van der Waals surface area contributed by atoms with Crippen LogP contribution in [0.1, 0.15) is 39.4 Å². The van der Waals surface area contributed by atoms with Gasteiger partial charge in [0.15, 0.2) is 5.65 Å². The number of carbonyl (C=O) groups excluding carboxylic acids is 1. The van der Waals surface area contributed by atoms with Crippen molar-refractivity contribution in [2.45, 2.75) is 26.8 Å². The van der Waals surface area contributed by atoms with E-state index >= 15 is 0 Å². The molecule has 1 N–H and O–H groups in total.